The van der Waals surface area contributed by atoms with Crippen LogP contribution in [0.2, 0.25) is 0 Å². The number of nitrogens with one attached hydrogen (secondary N) is 3. The fraction of sp³-hybridized carbons (Fsp3) is 0.450. The van der Waals surface area contributed by atoms with Gasteiger partial charge in [0, 0.05) is 45.3 Å². The van der Waals surface area contributed by atoms with Gasteiger partial charge in [0.2, 0.25) is 5.91 Å². The third-order valence-electron chi connectivity index (χ3n) is 4.70. The zero-order chi connectivity index (χ0) is 19.8. The molecule has 0 radical (unpaired) electrons. The molecule has 1 aliphatic heterocycles. The van der Waals surface area contributed by atoms with Crippen LogP contribution in [-0.2, 0) is 4.79 Å². The van der Waals surface area contributed by atoms with Crippen LogP contribution in [0, 0.1) is 6.92 Å². The number of halogens is 1. The van der Waals surface area contributed by atoms with Gasteiger partial charge in [0.25, 0.3) is 0 Å². The van der Waals surface area contributed by atoms with Crippen LogP contribution < -0.4 is 20.9 Å². The Balaban J connectivity index is 0.00000300. The van der Waals surface area contributed by atoms with Crippen molar-refractivity contribution in [1.29, 1.82) is 0 Å². The second-order valence-corrected chi connectivity index (χ2v) is 7.80. The van der Waals surface area contributed by atoms with E-state index < -0.39 is 0 Å². The van der Waals surface area contributed by atoms with E-state index in [9.17, 15) is 4.79 Å². The first-order valence-corrected chi connectivity index (χ1v) is 10.5. The highest BCUT2D eigenvalue weighted by atomic mass is 127. The lowest BCUT2D eigenvalue weighted by Crippen LogP contribution is -2.49. The number of amides is 1. The van der Waals surface area contributed by atoms with Crippen molar-refractivity contribution in [3.63, 3.8) is 0 Å². The number of anilines is 2. The number of thiophene rings is 1. The third-order valence-corrected chi connectivity index (χ3v) is 5.63. The van der Waals surface area contributed by atoms with Crippen LogP contribution in [0.4, 0.5) is 10.8 Å². The number of guanidine groups is 1. The van der Waals surface area contributed by atoms with E-state index in [0.717, 1.165) is 37.5 Å². The van der Waals surface area contributed by atoms with Gasteiger partial charge >= 0.3 is 0 Å². The van der Waals surface area contributed by atoms with Gasteiger partial charge in [0.15, 0.2) is 5.96 Å². The van der Waals surface area contributed by atoms with Crippen molar-refractivity contribution in [1.82, 2.24) is 15.6 Å². The first-order chi connectivity index (χ1) is 13.6. The standard InChI is InChI=1S/C20H28N6OS.HI/c1-15-5-6-17(23-14-15)25-18(27)7-10-22-20(21-2)24-16-8-11-26(12-9-16)19-4-3-13-28-19;/h3-6,13-14,16H,7-12H2,1-2H3,(H2,21,22,24)(H,23,25,27);1H. The number of aliphatic imine (C=N–C) groups is 1. The predicted molar refractivity (Wildman–Crippen MR) is 132 cm³/mol. The highest BCUT2D eigenvalue weighted by Gasteiger charge is 2.20. The molecule has 0 atom stereocenters. The van der Waals surface area contributed by atoms with Gasteiger partial charge in [-0.2, -0.15) is 0 Å². The van der Waals surface area contributed by atoms with E-state index in [4.69, 9.17) is 0 Å². The van der Waals surface area contributed by atoms with Gasteiger partial charge in [-0.3, -0.25) is 9.79 Å². The van der Waals surface area contributed by atoms with Gasteiger partial charge in [-0.05, 0) is 48.9 Å². The zero-order valence-corrected chi connectivity index (χ0v) is 20.0. The summed E-state index contributed by atoms with van der Waals surface area (Å²) in [4.78, 5) is 23.0. The minimum absolute atomic E-state index is 0. The molecule has 3 rings (SSSR count). The summed E-state index contributed by atoms with van der Waals surface area (Å²) in [6, 6.07) is 8.41. The van der Waals surface area contributed by atoms with Crippen LogP contribution >= 0.6 is 35.3 Å². The summed E-state index contributed by atoms with van der Waals surface area (Å²) in [5.41, 5.74) is 1.07. The second-order valence-electron chi connectivity index (χ2n) is 6.87. The largest absolute Gasteiger partial charge is 0.363 e. The van der Waals surface area contributed by atoms with Gasteiger partial charge in [-0.15, -0.1) is 35.3 Å². The first-order valence-electron chi connectivity index (χ1n) is 9.62. The van der Waals surface area contributed by atoms with Crippen LogP contribution in [-0.4, -0.2) is 49.6 Å². The second kappa shape index (κ2) is 12.0. The highest BCUT2D eigenvalue weighted by molar-refractivity contribution is 14.0. The molecular weight excluding hydrogens is 499 g/mol. The number of nitrogens with zero attached hydrogens (tertiary/aromatic N) is 3. The van der Waals surface area contributed by atoms with Crippen molar-refractivity contribution in [2.75, 3.05) is 36.9 Å². The number of aryl methyl sites for hydroxylation is 1. The average Bonchev–Trinajstić information content (AvgIpc) is 3.24. The Morgan fingerprint density at radius 1 is 1.31 bits per heavy atom. The van der Waals surface area contributed by atoms with E-state index in [0.29, 0.717) is 24.8 Å². The van der Waals surface area contributed by atoms with E-state index in [2.05, 4.69) is 48.3 Å². The maximum atomic E-state index is 12.0. The summed E-state index contributed by atoms with van der Waals surface area (Å²) >= 11 is 1.79. The monoisotopic (exact) mass is 528 g/mol. The van der Waals surface area contributed by atoms with Gasteiger partial charge in [-0.1, -0.05) is 6.07 Å². The number of carbonyl (C=O) groups excluding carboxylic acids is 1. The molecular formula is C20H29IN6OS. The lowest BCUT2D eigenvalue weighted by molar-refractivity contribution is -0.116. The molecule has 0 unspecified atom stereocenters. The zero-order valence-electron chi connectivity index (χ0n) is 16.9. The molecule has 0 spiro atoms. The molecule has 1 aliphatic rings. The Morgan fingerprint density at radius 3 is 2.72 bits per heavy atom. The molecule has 3 heterocycles. The average molecular weight is 528 g/mol. The highest BCUT2D eigenvalue weighted by Crippen LogP contribution is 2.24. The van der Waals surface area contributed by atoms with Crippen LogP contribution in [0.1, 0.15) is 24.8 Å². The molecule has 1 fully saturated rings. The molecule has 0 aliphatic carbocycles. The molecule has 7 nitrogen and oxygen atoms in total. The number of hydrogen-bond donors (Lipinski definition) is 3. The van der Waals surface area contributed by atoms with Gasteiger partial charge < -0.3 is 20.9 Å². The molecule has 9 heteroatoms. The number of hydrogen-bond acceptors (Lipinski definition) is 5. The maximum absolute atomic E-state index is 12.0. The maximum Gasteiger partial charge on any atom is 0.227 e. The molecule has 3 N–H and O–H groups in total. The Morgan fingerprint density at radius 2 is 2.10 bits per heavy atom. The van der Waals surface area contributed by atoms with Crippen LogP contribution in [0.15, 0.2) is 40.8 Å². The minimum atomic E-state index is -0.0661. The van der Waals surface area contributed by atoms with E-state index >= 15 is 0 Å². The van der Waals surface area contributed by atoms with Crippen molar-refractivity contribution in [2.45, 2.75) is 32.2 Å². The third kappa shape index (κ3) is 7.46. The number of aromatic nitrogens is 1. The van der Waals surface area contributed by atoms with Gasteiger partial charge in [0.1, 0.15) is 5.82 Å². The molecule has 158 valence electrons. The summed E-state index contributed by atoms with van der Waals surface area (Å²) < 4.78 is 0. The lowest BCUT2D eigenvalue weighted by Gasteiger charge is -2.33. The number of piperidine rings is 1. The minimum Gasteiger partial charge on any atom is -0.363 e. The van der Waals surface area contributed by atoms with E-state index in [-0.39, 0.29) is 29.9 Å². The molecule has 0 aromatic carbocycles. The molecule has 1 amide bonds. The quantitative estimate of drug-likeness (QED) is 0.305. The van der Waals surface area contributed by atoms with Crippen molar-refractivity contribution in [3.05, 3.63) is 41.4 Å². The molecule has 2 aromatic heterocycles. The molecule has 2 aromatic rings. The van der Waals surface area contributed by atoms with Crippen LogP contribution in [0.25, 0.3) is 0 Å². The number of pyridine rings is 1. The summed E-state index contributed by atoms with van der Waals surface area (Å²) in [5.74, 6) is 1.26. The van der Waals surface area contributed by atoms with Crippen molar-refractivity contribution >= 4 is 58.0 Å². The fourth-order valence-electron chi connectivity index (χ4n) is 3.12. The summed E-state index contributed by atoms with van der Waals surface area (Å²) in [6.45, 7) is 4.57. The summed E-state index contributed by atoms with van der Waals surface area (Å²) in [7, 11) is 1.76. The van der Waals surface area contributed by atoms with Crippen molar-refractivity contribution in [2.24, 2.45) is 4.99 Å². The number of carbonyl (C=O) groups is 1. The fourth-order valence-corrected chi connectivity index (χ4v) is 3.91. The predicted octanol–water partition coefficient (Wildman–Crippen LogP) is 3.23. The molecule has 29 heavy (non-hydrogen) atoms. The lowest BCUT2D eigenvalue weighted by atomic mass is 10.1. The van der Waals surface area contributed by atoms with Crippen molar-refractivity contribution in [3.8, 4) is 0 Å². The summed E-state index contributed by atoms with van der Waals surface area (Å²) in [5, 5.41) is 13.0. The van der Waals surface area contributed by atoms with Crippen LogP contribution in [0.5, 0.6) is 0 Å². The van der Waals surface area contributed by atoms with Gasteiger partial charge in [-0.25, -0.2) is 4.98 Å². The summed E-state index contributed by atoms with van der Waals surface area (Å²) in [6.07, 6.45) is 4.23. The van der Waals surface area contributed by atoms with E-state index in [1.165, 1.54) is 5.00 Å². The van der Waals surface area contributed by atoms with Crippen LogP contribution in [0.3, 0.4) is 0 Å². The Labute approximate surface area is 193 Å². The van der Waals surface area contributed by atoms with Gasteiger partial charge in [0.05, 0.1) is 5.00 Å². The normalized spacial score (nSPS) is 14.8. The smallest absolute Gasteiger partial charge is 0.227 e. The topological polar surface area (TPSA) is 81.6 Å². The molecule has 1 saturated heterocycles. The van der Waals surface area contributed by atoms with E-state index in [1.807, 2.05) is 19.1 Å². The SMILES string of the molecule is CN=C(NCCC(=O)Nc1ccc(C)cn1)NC1CCN(c2cccs2)CC1.I. The Hall–Kier alpha value is -1.88. The Bertz CT molecular complexity index is 773. The van der Waals surface area contributed by atoms with Crippen molar-refractivity contribution < 1.29 is 4.79 Å². The molecule has 0 bridgehead atoms. The van der Waals surface area contributed by atoms with E-state index in [1.54, 1.807) is 24.6 Å². The first kappa shape index (κ1) is 23.4. The molecule has 0 saturated carbocycles. The Kier molecular flexibility index (Phi) is 9.65. The number of rotatable bonds is 6.